The summed E-state index contributed by atoms with van der Waals surface area (Å²) in [6.45, 7) is 42.8. The number of hydrogen-bond acceptors (Lipinski definition) is 12. The van der Waals surface area contributed by atoms with Crippen LogP contribution in [0.3, 0.4) is 0 Å². The summed E-state index contributed by atoms with van der Waals surface area (Å²) in [5.41, 5.74) is -2.47. The molecule has 0 aromatic carbocycles. The highest BCUT2D eigenvalue weighted by Crippen LogP contribution is 2.56. The van der Waals surface area contributed by atoms with Gasteiger partial charge in [0, 0.05) is 38.5 Å². The SMILES string of the molecule is CC(C)[Si](O[C@H]1C[C@H](CCCOC(=O)C(C)(C)C)O[C@@H]2C[C@@H]3O[C@@H]4C[C@@H]5O[C@]6(C)C[C@]7(C)O[C@@H]8C=C[C@](C)(O[Si](C)(C)C(C)(C)C)[C@@H](C=C(I)I)O[C@H]8C[C@H]7O[C@H]6CC[C@H]5O[C@H]4C[C@@]3(C)O[C@@]12C)(C(C)C)C(C)C. The highest BCUT2D eigenvalue weighted by Gasteiger charge is 2.66. The summed E-state index contributed by atoms with van der Waals surface area (Å²) < 4.78 is 80.1. The standard InChI is InChI=1S/C58H98I2O12Si2/c1-34(2)74(35(3)4,36(5)6)70-49-27-37(21-20-26-62-51(61)52(7,8)9)63-48-30-46-55(14,71-58(48,49)17)32-43-40(65-46)28-42-38(64-43)22-23-44-56(15,69-42)33-57(16)45(67-44)29-41-39(68-57)24-25-54(13,47(66-41)31-50(59)60)72-73(18,19)53(10,11)12/h24-25,31,34-49H,20-23,26-30,32-33H2,1-19H3/t37-,38+,39+,40+,41-,42-,43-,44-,45+,46-,47+,48+,49-,54-,55+,56+,57-,58+/m0/s1. The van der Waals surface area contributed by atoms with Gasteiger partial charge in [-0.25, -0.2) is 0 Å². The molecule has 12 nitrogen and oxygen atoms in total. The molecule has 0 spiro atoms. The fraction of sp³-hybridized carbons (Fsp3) is 0.914. The van der Waals surface area contributed by atoms with Gasteiger partial charge in [-0.15, -0.1) is 0 Å². The number of hydrogen-bond donors (Lipinski definition) is 0. The van der Waals surface area contributed by atoms with E-state index >= 15 is 0 Å². The van der Waals surface area contributed by atoms with Crippen molar-refractivity contribution in [1.29, 1.82) is 0 Å². The van der Waals surface area contributed by atoms with Crippen molar-refractivity contribution in [2.75, 3.05) is 6.61 Å². The van der Waals surface area contributed by atoms with Crippen molar-refractivity contribution in [2.45, 2.75) is 324 Å². The molecule has 0 saturated carbocycles. The van der Waals surface area contributed by atoms with E-state index in [2.05, 4.69) is 173 Å². The molecule has 0 unspecified atom stereocenters. The van der Waals surface area contributed by atoms with Gasteiger partial charge in [0.2, 0.25) is 8.32 Å². The van der Waals surface area contributed by atoms with Gasteiger partial charge in [-0.2, -0.15) is 0 Å². The second-order valence-corrected chi connectivity index (χ2v) is 43.0. The van der Waals surface area contributed by atoms with E-state index in [1.54, 1.807) is 0 Å². The van der Waals surface area contributed by atoms with Crippen molar-refractivity contribution < 1.29 is 56.3 Å². The predicted molar refractivity (Wildman–Crippen MR) is 312 cm³/mol. The normalized spacial score (nSPS) is 43.6. The Kier molecular flexibility index (Phi) is 17.7. The van der Waals surface area contributed by atoms with E-state index in [1.807, 2.05) is 20.8 Å². The quantitative estimate of drug-likeness (QED) is 0.0608. The van der Waals surface area contributed by atoms with E-state index in [9.17, 15) is 4.79 Å². The molecule has 0 N–H and O–H groups in total. The third kappa shape index (κ3) is 11.7. The fourth-order valence-corrected chi connectivity index (χ4v) is 22.6. The Morgan fingerprint density at radius 3 is 1.99 bits per heavy atom. The molecule has 0 aliphatic carbocycles. The fourth-order valence-electron chi connectivity index (χ4n) is 14.7. The van der Waals surface area contributed by atoms with Crippen molar-refractivity contribution in [3.8, 4) is 0 Å². The zero-order chi connectivity index (χ0) is 54.6. The van der Waals surface area contributed by atoms with Crippen LogP contribution in [0.1, 0.15) is 182 Å². The highest BCUT2D eigenvalue weighted by atomic mass is 127. The van der Waals surface area contributed by atoms with Crippen LogP contribution in [0.5, 0.6) is 0 Å². The zero-order valence-electron chi connectivity index (χ0n) is 48.9. The molecular formula is C58H98I2O12Si2. The predicted octanol–water partition coefficient (Wildman–Crippen LogP) is 13.8. The Balaban J connectivity index is 0.986. The van der Waals surface area contributed by atoms with Crippen LogP contribution < -0.4 is 0 Å². The second-order valence-electron chi connectivity index (χ2n) is 28.5. The summed E-state index contributed by atoms with van der Waals surface area (Å²) in [6.07, 6.45) is 11.8. The molecule has 0 aromatic heterocycles. The van der Waals surface area contributed by atoms with Crippen LogP contribution in [-0.4, -0.2) is 137 Å². The van der Waals surface area contributed by atoms with Crippen molar-refractivity contribution in [3.05, 3.63) is 19.8 Å². The molecule has 18 atom stereocenters. The van der Waals surface area contributed by atoms with Gasteiger partial charge in [0.1, 0.15) is 23.4 Å². The number of ether oxygens (including phenoxy) is 9. The number of fused-ring (bicyclic) bond motifs is 7. The molecule has 8 aliphatic rings. The van der Waals surface area contributed by atoms with Crippen LogP contribution in [0.25, 0.3) is 0 Å². The van der Waals surface area contributed by atoms with Crippen molar-refractivity contribution in [3.63, 3.8) is 0 Å². The summed E-state index contributed by atoms with van der Waals surface area (Å²) in [5, 5.41) is 0.0378. The molecule has 424 valence electrons. The average molecular weight is 1300 g/mol. The Hall–Kier alpha value is 0.444. The third-order valence-electron chi connectivity index (χ3n) is 19.6. The van der Waals surface area contributed by atoms with E-state index in [0.29, 0.717) is 36.1 Å². The number of halogens is 2. The topological polar surface area (TPSA) is 119 Å². The van der Waals surface area contributed by atoms with Gasteiger partial charge in [0.15, 0.2) is 8.32 Å². The monoisotopic (exact) mass is 1300 g/mol. The van der Waals surface area contributed by atoms with E-state index in [4.69, 9.17) is 51.5 Å². The number of esters is 1. The maximum absolute atomic E-state index is 12.7. The zero-order valence-corrected chi connectivity index (χ0v) is 55.2. The van der Waals surface area contributed by atoms with Gasteiger partial charge in [-0.3, -0.25) is 4.79 Å². The van der Waals surface area contributed by atoms with Gasteiger partial charge in [0.05, 0.1) is 97.6 Å². The largest absolute Gasteiger partial charge is 0.465 e. The van der Waals surface area contributed by atoms with Crippen molar-refractivity contribution in [2.24, 2.45) is 5.41 Å². The first kappa shape index (κ1) is 60.5. The van der Waals surface area contributed by atoms with Gasteiger partial charge < -0.3 is 51.5 Å². The lowest BCUT2D eigenvalue weighted by Crippen LogP contribution is -2.73. The van der Waals surface area contributed by atoms with Crippen molar-refractivity contribution in [1.82, 2.24) is 0 Å². The minimum absolute atomic E-state index is 0.0378. The van der Waals surface area contributed by atoms with Crippen LogP contribution in [-0.2, 0) is 56.3 Å². The van der Waals surface area contributed by atoms with Crippen molar-refractivity contribution >= 4 is 67.8 Å². The molecule has 0 amide bonds. The van der Waals surface area contributed by atoms with Gasteiger partial charge in [0.25, 0.3) is 0 Å². The Morgan fingerprint density at radius 1 is 0.716 bits per heavy atom. The third-order valence-corrected chi connectivity index (χ3v) is 31.0. The molecule has 8 heterocycles. The number of rotatable bonds is 12. The van der Waals surface area contributed by atoms with Crippen LogP contribution in [0.15, 0.2) is 19.8 Å². The second kappa shape index (κ2) is 21.6. The van der Waals surface area contributed by atoms with Crippen LogP contribution in [0, 0.1) is 5.41 Å². The molecule has 8 aliphatic heterocycles. The summed E-state index contributed by atoms with van der Waals surface area (Å²) in [5.74, 6) is -0.176. The maximum Gasteiger partial charge on any atom is 0.311 e. The molecule has 0 aromatic rings. The molecule has 74 heavy (non-hydrogen) atoms. The lowest BCUT2D eigenvalue weighted by Gasteiger charge is -2.63. The lowest BCUT2D eigenvalue weighted by atomic mass is 9.72. The molecule has 7 saturated heterocycles. The van der Waals surface area contributed by atoms with E-state index in [0.717, 1.165) is 53.0 Å². The van der Waals surface area contributed by atoms with E-state index in [1.165, 1.54) is 0 Å². The molecule has 0 radical (unpaired) electrons. The van der Waals surface area contributed by atoms with Crippen LogP contribution in [0.4, 0.5) is 0 Å². The minimum Gasteiger partial charge on any atom is -0.465 e. The lowest BCUT2D eigenvalue weighted by molar-refractivity contribution is -0.368. The summed E-state index contributed by atoms with van der Waals surface area (Å²) in [7, 11) is -4.53. The summed E-state index contributed by atoms with van der Waals surface area (Å²) in [4.78, 5) is 12.7. The first-order valence-corrected chi connectivity index (χ1v) is 35.9. The Labute approximate surface area is 476 Å². The highest BCUT2D eigenvalue weighted by molar-refractivity contribution is 14.2. The van der Waals surface area contributed by atoms with Gasteiger partial charge in [-0.05, 0) is 167 Å². The van der Waals surface area contributed by atoms with Gasteiger partial charge in [-0.1, -0.05) is 74.5 Å². The minimum atomic E-state index is -2.34. The van der Waals surface area contributed by atoms with Crippen LogP contribution >= 0.6 is 45.2 Å². The molecule has 16 heteroatoms. The smallest absolute Gasteiger partial charge is 0.311 e. The van der Waals surface area contributed by atoms with Crippen LogP contribution in [0.2, 0.25) is 34.8 Å². The Morgan fingerprint density at radius 2 is 1.36 bits per heavy atom. The molecule has 8 rings (SSSR count). The summed E-state index contributed by atoms with van der Waals surface area (Å²) in [6, 6.07) is 0. The van der Waals surface area contributed by atoms with E-state index in [-0.39, 0.29) is 90.4 Å². The molecule has 0 bridgehead atoms. The maximum atomic E-state index is 12.7. The first-order chi connectivity index (χ1) is 34.1. The van der Waals surface area contributed by atoms with E-state index < -0.39 is 50.1 Å². The number of carbonyl (C=O) groups excluding carboxylic acids is 1. The number of carbonyl (C=O) groups is 1. The Bertz CT molecular complexity index is 2050. The molecule has 7 fully saturated rings. The first-order valence-electron chi connectivity index (χ1n) is 28.7. The summed E-state index contributed by atoms with van der Waals surface area (Å²) >= 11 is 4.76. The molecular weight excluding hydrogens is 1200 g/mol. The van der Waals surface area contributed by atoms with Gasteiger partial charge >= 0.3 is 5.97 Å². The average Bonchev–Trinajstić information content (AvgIpc) is 3.46.